The van der Waals surface area contributed by atoms with E-state index in [2.05, 4.69) is 20.4 Å². The van der Waals surface area contributed by atoms with Gasteiger partial charge < -0.3 is 14.6 Å². The van der Waals surface area contributed by atoms with Crippen LogP contribution < -0.4 is 10.1 Å². The minimum Gasteiger partial charge on any atom is -0.488 e. The van der Waals surface area contributed by atoms with E-state index in [1.54, 1.807) is 20.0 Å². The highest BCUT2D eigenvalue weighted by atomic mass is 32.2. The van der Waals surface area contributed by atoms with E-state index >= 15 is 0 Å². The number of aromatic nitrogens is 3. The highest BCUT2D eigenvalue weighted by Gasteiger charge is 2.38. The normalized spacial score (nSPS) is 17.2. The number of alkyl halides is 1. The molecular formula is C19H25FN4O5S. The summed E-state index contributed by atoms with van der Waals surface area (Å²) < 4.78 is 47.5. The second-order valence-electron chi connectivity index (χ2n) is 7.96. The molecule has 1 aliphatic carbocycles. The zero-order chi connectivity index (χ0) is 22.1. The number of nitrogens with zero attached hydrogens (tertiary/aromatic N) is 3. The van der Waals surface area contributed by atoms with Crippen LogP contribution in [0.4, 0.5) is 4.39 Å². The molecule has 2 atom stereocenters. The Morgan fingerprint density at radius 3 is 2.70 bits per heavy atom. The standard InChI is InChI=1S/C19H25FN4O5S/c1-11(8-20)28-16-7-15(21-9-14(16)13-5-6-13)17(25)23-19(3,10-30(4,26)27)18-22-12(2)29-24-18/h7,9,11,13H,5-6,8,10H2,1-4H3,(H,23,25). The molecule has 1 saturated carbocycles. The van der Waals surface area contributed by atoms with Crippen LogP contribution in [0.3, 0.4) is 0 Å². The molecule has 0 aromatic carbocycles. The summed E-state index contributed by atoms with van der Waals surface area (Å²) in [6.45, 7) is 3.99. The fourth-order valence-corrected chi connectivity index (χ4v) is 4.39. The molecule has 1 amide bonds. The van der Waals surface area contributed by atoms with Gasteiger partial charge >= 0.3 is 0 Å². The van der Waals surface area contributed by atoms with Gasteiger partial charge in [0.1, 0.15) is 39.6 Å². The zero-order valence-corrected chi connectivity index (χ0v) is 18.1. The van der Waals surface area contributed by atoms with Gasteiger partial charge in [0.15, 0.2) is 5.82 Å². The lowest BCUT2D eigenvalue weighted by molar-refractivity contribution is 0.0902. The van der Waals surface area contributed by atoms with Crippen molar-refractivity contribution in [1.29, 1.82) is 0 Å². The number of halogens is 1. The van der Waals surface area contributed by atoms with Crippen molar-refractivity contribution in [3.05, 3.63) is 35.2 Å². The van der Waals surface area contributed by atoms with Crippen molar-refractivity contribution in [2.75, 3.05) is 18.7 Å². The summed E-state index contributed by atoms with van der Waals surface area (Å²) in [6.07, 6.45) is 3.91. The van der Waals surface area contributed by atoms with Gasteiger partial charge in [0, 0.05) is 31.0 Å². The molecular weight excluding hydrogens is 415 g/mol. The molecule has 2 aromatic rings. The highest BCUT2D eigenvalue weighted by molar-refractivity contribution is 7.90. The van der Waals surface area contributed by atoms with Crippen LogP contribution in [0.5, 0.6) is 5.75 Å². The maximum atomic E-state index is 12.9. The van der Waals surface area contributed by atoms with E-state index in [1.807, 2.05) is 0 Å². The molecule has 0 aliphatic heterocycles. The maximum absolute atomic E-state index is 12.9. The number of rotatable bonds is 9. The summed E-state index contributed by atoms with van der Waals surface area (Å²) in [4.78, 5) is 21.2. The van der Waals surface area contributed by atoms with Gasteiger partial charge in [-0.2, -0.15) is 4.98 Å². The molecule has 30 heavy (non-hydrogen) atoms. The number of carbonyl (C=O) groups excluding carboxylic acids is 1. The lowest BCUT2D eigenvalue weighted by Crippen LogP contribution is -2.49. The van der Waals surface area contributed by atoms with E-state index in [4.69, 9.17) is 9.26 Å². The van der Waals surface area contributed by atoms with Gasteiger partial charge in [0.2, 0.25) is 5.89 Å². The number of amides is 1. The number of sulfone groups is 1. The molecule has 2 aromatic heterocycles. The Kier molecular flexibility index (Phi) is 6.11. The summed E-state index contributed by atoms with van der Waals surface area (Å²) in [5.41, 5.74) is -0.591. The van der Waals surface area contributed by atoms with Crippen molar-refractivity contribution in [2.24, 2.45) is 0 Å². The molecule has 2 heterocycles. The fourth-order valence-electron chi connectivity index (χ4n) is 3.14. The number of aryl methyl sites for hydroxylation is 1. The Balaban J connectivity index is 1.91. The first kappa shape index (κ1) is 22.1. The average Bonchev–Trinajstić information content (AvgIpc) is 3.39. The zero-order valence-electron chi connectivity index (χ0n) is 17.3. The number of nitrogens with one attached hydrogen (secondary N) is 1. The molecule has 1 aliphatic rings. The van der Waals surface area contributed by atoms with Crippen molar-refractivity contribution in [3.8, 4) is 5.75 Å². The van der Waals surface area contributed by atoms with Crippen molar-refractivity contribution in [2.45, 2.75) is 51.2 Å². The summed E-state index contributed by atoms with van der Waals surface area (Å²) in [6, 6.07) is 1.46. The van der Waals surface area contributed by atoms with Gasteiger partial charge in [0.05, 0.1) is 5.75 Å². The Labute approximate surface area is 174 Å². The molecule has 3 rings (SSSR count). The van der Waals surface area contributed by atoms with Crippen LogP contribution >= 0.6 is 0 Å². The van der Waals surface area contributed by atoms with E-state index in [1.165, 1.54) is 13.0 Å². The fraction of sp³-hybridized carbons (Fsp3) is 0.579. The van der Waals surface area contributed by atoms with Crippen LogP contribution in [0.15, 0.2) is 16.8 Å². The van der Waals surface area contributed by atoms with Gasteiger partial charge in [-0.25, -0.2) is 12.8 Å². The minimum atomic E-state index is -3.51. The van der Waals surface area contributed by atoms with Gasteiger partial charge in [-0.1, -0.05) is 5.16 Å². The van der Waals surface area contributed by atoms with Gasteiger partial charge in [0.25, 0.3) is 5.91 Å². The molecule has 0 saturated heterocycles. The number of hydrogen-bond acceptors (Lipinski definition) is 8. The lowest BCUT2D eigenvalue weighted by Gasteiger charge is -2.26. The van der Waals surface area contributed by atoms with Crippen LogP contribution in [0.2, 0.25) is 0 Å². The van der Waals surface area contributed by atoms with E-state index in [9.17, 15) is 17.6 Å². The summed E-state index contributed by atoms with van der Waals surface area (Å²) in [7, 11) is -3.51. The first-order chi connectivity index (χ1) is 14.0. The molecule has 2 unspecified atom stereocenters. The van der Waals surface area contributed by atoms with Crippen molar-refractivity contribution in [1.82, 2.24) is 20.4 Å². The van der Waals surface area contributed by atoms with Crippen molar-refractivity contribution >= 4 is 15.7 Å². The third-order valence-electron chi connectivity index (χ3n) is 4.65. The average molecular weight is 440 g/mol. The molecule has 9 nitrogen and oxygen atoms in total. The van der Waals surface area contributed by atoms with Crippen LogP contribution in [0.1, 0.15) is 60.4 Å². The van der Waals surface area contributed by atoms with E-state index in [-0.39, 0.29) is 23.3 Å². The number of pyridine rings is 1. The third kappa shape index (κ3) is 5.32. The summed E-state index contributed by atoms with van der Waals surface area (Å²) in [5.74, 6) is -0.105. The first-order valence-corrected chi connectivity index (χ1v) is 11.6. The molecule has 0 spiro atoms. The predicted octanol–water partition coefficient (Wildman–Crippen LogP) is 2.08. The van der Waals surface area contributed by atoms with Crippen LogP contribution in [-0.4, -0.2) is 54.2 Å². The number of ether oxygens (including phenoxy) is 1. The Bertz CT molecular complexity index is 1040. The van der Waals surface area contributed by atoms with Crippen molar-refractivity contribution < 1.29 is 26.9 Å². The molecule has 164 valence electrons. The van der Waals surface area contributed by atoms with Gasteiger partial charge in [-0.15, -0.1) is 0 Å². The van der Waals surface area contributed by atoms with E-state index in [0.717, 1.165) is 24.7 Å². The molecule has 1 fully saturated rings. The molecule has 11 heteroatoms. The maximum Gasteiger partial charge on any atom is 0.270 e. The third-order valence-corrected chi connectivity index (χ3v) is 5.75. The summed E-state index contributed by atoms with van der Waals surface area (Å²) >= 11 is 0. The molecule has 1 N–H and O–H groups in total. The topological polar surface area (TPSA) is 124 Å². The monoisotopic (exact) mass is 440 g/mol. The molecule has 0 bridgehead atoms. The second-order valence-corrected chi connectivity index (χ2v) is 10.1. The quantitative estimate of drug-likeness (QED) is 0.628. The Morgan fingerprint density at radius 2 is 2.17 bits per heavy atom. The van der Waals surface area contributed by atoms with Crippen LogP contribution in [0, 0.1) is 6.92 Å². The van der Waals surface area contributed by atoms with E-state index < -0.39 is 39.8 Å². The lowest BCUT2D eigenvalue weighted by atomic mass is 10.0. The smallest absolute Gasteiger partial charge is 0.270 e. The minimum absolute atomic E-state index is 0.0143. The first-order valence-electron chi connectivity index (χ1n) is 9.54. The van der Waals surface area contributed by atoms with Crippen LogP contribution in [0.25, 0.3) is 0 Å². The SMILES string of the molecule is Cc1nc(C(C)(CS(C)(=O)=O)NC(=O)c2cc(OC(C)CF)c(C3CC3)cn2)no1. The predicted molar refractivity (Wildman–Crippen MR) is 106 cm³/mol. The number of carbonyl (C=O) groups is 1. The Morgan fingerprint density at radius 1 is 1.47 bits per heavy atom. The van der Waals surface area contributed by atoms with Crippen LogP contribution in [-0.2, 0) is 15.4 Å². The van der Waals surface area contributed by atoms with Gasteiger partial charge in [-0.05, 0) is 32.6 Å². The van der Waals surface area contributed by atoms with Crippen molar-refractivity contribution in [3.63, 3.8) is 0 Å². The largest absolute Gasteiger partial charge is 0.488 e. The molecule has 0 radical (unpaired) electrons. The number of hydrogen-bond donors (Lipinski definition) is 1. The summed E-state index contributed by atoms with van der Waals surface area (Å²) in [5, 5.41) is 6.44. The highest BCUT2D eigenvalue weighted by Crippen LogP contribution is 2.44. The Hall–Kier alpha value is -2.56. The van der Waals surface area contributed by atoms with Gasteiger partial charge in [-0.3, -0.25) is 9.78 Å². The van der Waals surface area contributed by atoms with E-state index in [0.29, 0.717) is 5.75 Å². The second kappa shape index (κ2) is 8.29.